The number of para-hydroxylation sites is 2. The highest BCUT2D eigenvalue weighted by atomic mass is 15.0. The van der Waals surface area contributed by atoms with Crippen LogP contribution in [-0.4, -0.2) is 24.5 Å². The van der Waals surface area contributed by atoms with Crippen LogP contribution in [0.3, 0.4) is 0 Å². The van der Waals surface area contributed by atoms with Gasteiger partial charge in [-0.2, -0.15) is 0 Å². The van der Waals surface area contributed by atoms with Crippen LogP contribution in [-0.2, 0) is 0 Å². The van der Waals surface area contributed by atoms with Crippen molar-refractivity contribution in [3.63, 3.8) is 0 Å². The number of aromatic amines is 1. The van der Waals surface area contributed by atoms with E-state index in [0.29, 0.717) is 17.5 Å². The van der Waals surface area contributed by atoms with Gasteiger partial charge in [0, 0.05) is 49.4 Å². The summed E-state index contributed by atoms with van der Waals surface area (Å²) >= 11 is 0. The van der Waals surface area contributed by atoms with Gasteiger partial charge in [0.25, 0.3) is 0 Å². The molecule has 44 heavy (non-hydrogen) atoms. The lowest BCUT2D eigenvalue weighted by molar-refractivity contribution is 1.07. The molecular weight excluding hydrogens is 538 g/mol. The first-order chi connectivity index (χ1) is 21.8. The Morgan fingerprint density at radius 3 is 1.59 bits per heavy atom. The van der Waals surface area contributed by atoms with Crippen molar-refractivity contribution >= 4 is 43.6 Å². The SMILES string of the molecule is c1ccc(-c2nc(-c3ccccc3)nc(-c3ccc(-n4c5ccccc5c5ccc6c7ccccc7[nH]c6c54)cc3)n2)cc1. The minimum absolute atomic E-state index is 0.643. The van der Waals surface area contributed by atoms with Crippen LogP contribution in [0.25, 0.3) is 83.5 Å². The fourth-order valence-electron chi connectivity index (χ4n) is 6.34. The van der Waals surface area contributed by atoms with Gasteiger partial charge in [0.1, 0.15) is 0 Å². The quantitative estimate of drug-likeness (QED) is 0.232. The van der Waals surface area contributed by atoms with Gasteiger partial charge in [0.2, 0.25) is 0 Å². The molecule has 0 aliphatic heterocycles. The molecule has 6 aromatic carbocycles. The summed E-state index contributed by atoms with van der Waals surface area (Å²) in [4.78, 5) is 18.4. The molecule has 0 unspecified atom stereocenters. The Kier molecular flexibility index (Phi) is 5.43. The third-order valence-electron chi connectivity index (χ3n) is 8.40. The number of aromatic nitrogens is 5. The van der Waals surface area contributed by atoms with E-state index in [2.05, 4.69) is 94.5 Å². The van der Waals surface area contributed by atoms with Crippen molar-refractivity contribution in [2.75, 3.05) is 0 Å². The molecule has 5 nitrogen and oxygen atoms in total. The van der Waals surface area contributed by atoms with Gasteiger partial charge in [-0.05, 0) is 36.4 Å². The van der Waals surface area contributed by atoms with Crippen LogP contribution >= 0.6 is 0 Å². The maximum atomic E-state index is 4.92. The zero-order valence-corrected chi connectivity index (χ0v) is 23.6. The van der Waals surface area contributed by atoms with Crippen LogP contribution in [0.2, 0.25) is 0 Å². The summed E-state index contributed by atoms with van der Waals surface area (Å²) in [6, 6.07) is 50.3. The smallest absolute Gasteiger partial charge is 0.164 e. The molecule has 3 heterocycles. The first-order valence-electron chi connectivity index (χ1n) is 14.7. The zero-order chi connectivity index (χ0) is 29.0. The molecule has 9 aromatic rings. The highest BCUT2D eigenvalue weighted by molar-refractivity contribution is 6.22. The lowest BCUT2D eigenvalue weighted by Gasteiger charge is -2.11. The molecule has 1 N–H and O–H groups in total. The predicted octanol–water partition coefficient (Wildman–Crippen LogP) is 9.60. The zero-order valence-electron chi connectivity index (χ0n) is 23.6. The van der Waals surface area contributed by atoms with Crippen LogP contribution in [0.4, 0.5) is 0 Å². The molecule has 0 saturated carbocycles. The number of benzene rings is 6. The maximum Gasteiger partial charge on any atom is 0.164 e. The minimum atomic E-state index is 0.643. The lowest BCUT2D eigenvalue weighted by Crippen LogP contribution is -2.00. The summed E-state index contributed by atoms with van der Waals surface area (Å²) < 4.78 is 2.37. The second kappa shape index (κ2) is 9.75. The van der Waals surface area contributed by atoms with Crippen LogP contribution in [0, 0.1) is 0 Å². The van der Waals surface area contributed by atoms with Gasteiger partial charge in [0.05, 0.1) is 16.6 Å². The van der Waals surface area contributed by atoms with Crippen LogP contribution in [0.15, 0.2) is 146 Å². The van der Waals surface area contributed by atoms with Crippen molar-refractivity contribution in [3.8, 4) is 39.9 Å². The summed E-state index contributed by atoms with van der Waals surface area (Å²) in [5.41, 5.74) is 8.54. The average molecular weight is 564 g/mol. The molecule has 3 aromatic heterocycles. The standard InChI is InChI=1S/C39H25N5/c1-3-11-25(12-4-1)37-41-38(26-13-5-2-6-14-26)43-39(42-37)27-19-21-28(22-20-27)44-34-18-10-8-16-30(34)32-24-23-31-29-15-7-9-17-33(29)40-35(31)36(32)44/h1-24,40H. The van der Waals surface area contributed by atoms with E-state index in [4.69, 9.17) is 15.0 Å². The number of rotatable bonds is 4. The number of nitrogens with one attached hydrogen (secondary N) is 1. The summed E-state index contributed by atoms with van der Waals surface area (Å²) in [7, 11) is 0. The molecule has 0 spiro atoms. The largest absolute Gasteiger partial charge is 0.353 e. The third-order valence-corrected chi connectivity index (χ3v) is 8.40. The predicted molar refractivity (Wildman–Crippen MR) is 180 cm³/mol. The van der Waals surface area contributed by atoms with Crippen molar-refractivity contribution in [2.24, 2.45) is 0 Å². The Morgan fingerprint density at radius 2 is 0.932 bits per heavy atom. The van der Waals surface area contributed by atoms with Gasteiger partial charge in [0.15, 0.2) is 17.5 Å². The molecule has 0 fully saturated rings. The van der Waals surface area contributed by atoms with Gasteiger partial charge in [-0.25, -0.2) is 15.0 Å². The first kappa shape index (κ1) is 24.5. The van der Waals surface area contributed by atoms with Gasteiger partial charge in [-0.1, -0.05) is 109 Å². The molecule has 0 bridgehead atoms. The normalized spacial score (nSPS) is 11.6. The van der Waals surface area contributed by atoms with E-state index < -0.39 is 0 Å². The van der Waals surface area contributed by atoms with Crippen molar-refractivity contribution in [2.45, 2.75) is 0 Å². The first-order valence-corrected chi connectivity index (χ1v) is 14.7. The van der Waals surface area contributed by atoms with Crippen molar-refractivity contribution in [3.05, 3.63) is 146 Å². The average Bonchev–Trinajstić information content (AvgIpc) is 3.65. The molecule has 9 rings (SSSR count). The summed E-state index contributed by atoms with van der Waals surface area (Å²) in [5, 5.41) is 4.90. The Balaban J connectivity index is 1.24. The Morgan fingerprint density at radius 1 is 0.409 bits per heavy atom. The highest BCUT2D eigenvalue weighted by Crippen LogP contribution is 2.38. The van der Waals surface area contributed by atoms with Crippen LogP contribution < -0.4 is 0 Å². The van der Waals surface area contributed by atoms with E-state index >= 15 is 0 Å². The number of nitrogens with zero attached hydrogens (tertiary/aromatic N) is 4. The number of hydrogen-bond donors (Lipinski definition) is 1. The Labute approximate surface area is 253 Å². The molecule has 0 aliphatic rings. The number of H-pyrrole nitrogens is 1. The Hall–Kier alpha value is -6.07. The summed E-state index contributed by atoms with van der Waals surface area (Å²) in [6.07, 6.45) is 0. The van der Waals surface area contributed by atoms with Crippen molar-refractivity contribution < 1.29 is 0 Å². The molecule has 206 valence electrons. The number of hydrogen-bond acceptors (Lipinski definition) is 3. The van der Waals surface area contributed by atoms with Crippen LogP contribution in [0.5, 0.6) is 0 Å². The molecule has 5 heteroatoms. The monoisotopic (exact) mass is 563 g/mol. The van der Waals surface area contributed by atoms with Gasteiger partial charge >= 0.3 is 0 Å². The van der Waals surface area contributed by atoms with E-state index in [1.54, 1.807) is 0 Å². The van der Waals surface area contributed by atoms with E-state index in [9.17, 15) is 0 Å². The molecule has 0 radical (unpaired) electrons. The van der Waals surface area contributed by atoms with Gasteiger partial charge in [-0.15, -0.1) is 0 Å². The van der Waals surface area contributed by atoms with Gasteiger partial charge in [-0.3, -0.25) is 0 Å². The minimum Gasteiger partial charge on any atom is -0.353 e. The molecule has 0 aliphatic carbocycles. The summed E-state index contributed by atoms with van der Waals surface area (Å²) in [5.74, 6) is 1.95. The van der Waals surface area contributed by atoms with Crippen molar-refractivity contribution in [1.82, 2.24) is 24.5 Å². The van der Waals surface area contributed by atoms with E-state index in [1.165, 1.54) is 32.6 Å². The molecular formula is C39H25N5. The second-order valence-corrected chi connectivity index (χ2v) is 11.0. The van der Waals surface area contributed by atoms with E-state index in [0.717, 1.165) is 33.4 Å². The fraction of sp³-hybridized carbons (Fsp3) is 0. The van der Waals surface area contributed by atoms with E-state index in [-0.39, 0.29) is 0 Å². The topological polar surface area (TPSA) is 59.4 Å². The van der Waals surface area contributed by atoms with E-state index in [1.807, 2.05) is 60.7 Å². The molecule has 0 atom stereocenters. The van der Waals surface area contributed by atoms with Crippen molar-refractivity contribution in [1.29, 1.82) is 0 Å². The molecule has 0 amide bonds. The lowest BCUT2D eigenvalue weighted by atomic mass is 10.1. The van der Waals surface area contributed by atoms with Gasteiger partial charge < -0.3 is 9.55 Å². The summed E-state index contributed by atoms with van der Waals surface area (Å²) in [6.45, 7) is 0. The second-order valence-electron chi connectivity index (χ2n) is 11.0. The maximum absolute atomic E-state index is 4.92. The van der Waals surface area contributed by atoms with Crippen LogP contribution in [0.1, 0.15) is 0 Å². The highest BCUT2D eigenvalue weighted by Gasteiger charge is 2.18. The third kappa shape index (κ3) is 3.83. The molecule has 0 saturated heterocycles. The number of fused-ring (bicyclic) bond motifs is 7. The Bertz CT molecular complexity index is 2420. The fourth-order valence-corrected chi connectivity index (χ4v) is 6.34.